The van der Waals surface area contributed by atoms with Crippen molar-refractivity contribution in [2.75, 3.05) is 19.6 Å². The first-order chi connectivity index (χ1) is 12.3. The first-order valence-corrected chi connectivity index (χ1v) is 9.73. The first kappa shape index (κ1) is 20.0. The second-order valence-electron chi connectivity index (χ2n) is 5.84. The summed E-state index contributed by atoms with van der Waals surface area (Å²) >= 11 is 0. The first-order valence-electron chi connectivity index (χ1n) is 8.18. The van der Waals surface area contributed by atoms with Crippen LogP contribution in [-0.4, -0.2) is 34.0 Å². The van der Waals surface area contributed by atoms with Crippen molar-refractivity contribution in [3.05, 3.63) is 65.5 Å². The lowest BCUT2D eigenvalue weighted by atomic mass is 10.1. The molecule has 0 aliphatic carbocycles. The van der Waals surface area contributed by atoms with Crippen LogP contribution in [0.3, 0.4) is 0 Å². The molecule has 2 aromatic carbocycles. The summed E-state index contributed by atoms with van der Waals surface area (Å²) in [4.78, 5) is 11.8. The summed E-state index contributed by atoms with van der Waals surface area (Å²) in [7, 11) is -3.69. The lowest BCUT2D eigenvalue weighted by Gasteiger charge is -2.07. The van der Waals surface area contributed by atoms with Crippen LogP contribution < -0.4 is 15.8 Å². The number of amides is 1. The standard InChI is InChI=1S/C18H22FN3O3S/c19-16-5-1-14(2-6-16)9-11-21-13-18(23)22-12-10-15-3-7-17(8-4-15)26(20,24)25/h1-8,21H,9-13H2,(H,22,23)(H2,20,24,25). The monoisotopic (exact) mass is 379 g/mol. The number of primary sulfonamides is 1. The predicted molar refractivity (Wildman–Crippen MR) is 97.5 cm³/mol. The molecule has 0 fully saturated rings. The van der Waals surface area contributed by atoms with Crippen molar-refractivity contribution in [1.82, 2.24) is 10.6 Å². The maximum absolute atomic E-state index is 12.8. The molecule has 0 unspecified atom stereocenters. The molecule has 2 aromatic rings. The largest absolute Gasteiger partial charge is 0.355 e. The van der Waals surface area contributed by atoms with Crippen molar-refractivity contribution in [2.24, 2.45) is 5.14 Å². The van der Waals surface area contributed by atoms with Gasteiger partial charge in [0.1, 0.15) is 5.82 Å². The number of rotatable bonds is 9. The van der Waals surface area contributed by atoms with Gasteiger partial charge in [-0.2, -0.15) is 0 Å². The Balaban J connectivity index is 1.62. The van der Waals surface area contributed by atoms with Crippen LogP contribution >= 0.6 is 0 Å². The molecule has 1 amide bonds. The number of nitrogens with one attached hydrogen (secondary N) is 2. The van der Waals surface area contributed by atoms with Crippen LogP contribution in [-0.2, 0) is 27.7 Å². The number of hydrogen-bond donors (Lipinski definition) is 3. The van der Waals surface area contributed by atoms with E-state index in [4.69, 9.17) is 5.14 Å². The van der Waals surface area contributed by atoms with Crippen molar-refractivity contribution in [1.29, 1.82) is 0 Å². The average Bonchev–Trinajstić information content (AvgIpc) is 2.60. The van der Waals surface area contributed by atoms with Crippen LogP contribution in [0.4, 0.5) is 4.39 Å². The van der Waals surface area contributed by atoms with E-state index in [1.165, 1.54) is 24.3 Å². The highest BCUT2D eigenvalue weighted by Gasteiger charge is 2.07. The number of halogens is 1. The molecule has 0 atom stereocenters. The van der Waals surface area contributed by atoms with E-state index in [1.807, 2.05) is 0 Å². The molecule has 0 bridgehead atoms. The maximum Gasteiger partial charge on any atom is 0.238 e. The number of benzene rings is 2. The van der Waals surface area contributed by atoms with Crippen LogP contribution in [0.15, 0.2) is 53.4 Å². The molecule has 8 heteroatoms. The second kappa shape index (κ2) is 9.42. The molecule has 0 aromatic heterocycles. The topological polar surface area (TPSA) is 101 Å². The number of nitrogens with two attached hydrogens (primary N) is 1. The fraction of sp³-hybridized carbons (Fsp3) is 0.278. The molecule has 2 rings (SSSR count). The van der Waals surface area contributed by atoms with Gasteiger partial charge in [0.05, 0.1) is 11.4 Å². The Morgan fingerprint density at radius 1 is 0.923 bits per heavy atom. The molecule has 0 saturated heterocycles. The molecule has 140 valence electrons. The zero-order valence-corrected chi connectivity index (χ0v) is 15.1. The fourth-order valence-electron chi connectivity index (χ4n) is 2.34. The third kappa shape index (κ3) is 6.91. The van der Waals surface area contributed by atoms with Gasteiger partial charge >= 0.3 is 0 Å². The summed E-state index contributed by atoms with van der Waals surface area (Å²) in [6.07, 6.45) is 1.30. The van der Waals surface area contributed by atoms with Crippen molar-refractivity contribution in [2.45, 2.75) is 17.7 Å². The third-order valence-electron chi connectivity index (χ3n) is 3.78. The van der Waals surface area contributed by atoms with Crippen molar-refractivity contribution in [3.8, 4) is 0 Å². The molecule has 0 aliphatic heterocycles. The van der Waals surface area contributed by atoms with E-state index in [-0.39, 0.29) is 23.2 Å². The Hall–Kier alpha value is -2.29. The van der Waals surface area contributed by atoms with Gasteiger partial charge in [-0.05, 0) is 54.8 Å². The Morgan fingerprint density at radius 2 is 1.46 bits per heavy atom. The van der Waals surface area contributed by atoms with E-state index in [1.54, 1.807) is 24.3 Å². The summed E-state index contributed by atoms with van der Waals surface area (Å²) in [5, 5.41) is 10.9. The fourth-order valence-corrected chi connectivity index (χ4v) is 2.86. The summed E-state index contributed by atoms with van der Waals surface area (Å²) in [6, 6.07) is 12.5. The van der Waals surface area contributed by atoms with Gasteiger partial charge in [0.15, 0.2) is 0 Å². The number of carbonyl (C=O) groups excluding carboxylic acids is 1. The van der Waals surface area contributed by atoms with Crippen molar-refractivity contribution >= 4 is 15.9 Å². The summed E-state index contributed by atoms with van der Waals surface area (Å²) in [5.41, 5.74) is 1.91. The molecular weight excluding hydrogens is 357 g/mol. The molecule has 4 N–H and O–H groups in total. The minimum Gasteiger partial charge on any atom is -0.355 e. The highest BCUT2D eigenvalue weighted by molar-refractivity contribution is 7.89. The lowest BCUT2D eigenvalue weighted by molar-refractivity contribution is -0.120. The lowest BCUT2D eigenvalue weighted by Crippen LogP contribution is -2.35. The Morgan fingerprint density at radius 3 is 2.04 bits per heavy atom. The van der Waals surface area contributed by atoms with E-state index in [9.17, 15) is 17.6 Å². The second-order valence-corrected chi connectivity index (χ2v) is 7.40. The van der Waals surface area contributed by atoms with Gasteiger partial charge in [0, 0.05) is 6.54 Å². The van der Waals surface area contributed by atoms with E-state index in [2.05, 4.69) is 10.6 Å². The van der Waals surface area contributed by atoms with E-state index in [0.29, 0.717) is 25.9 Å². The minimum absolute atomic E-state index is 0.0654. The number of carbonyl (C=O) groups is 1. The molecule has 0 aliphatic rings. The number of sulfonamides is 1. The minimum atomic E-state index is -3.69. The predicted octanol–water partition coefficient (Wildman–Crippen LogP) is 0.964. The molecule has 26 heavy (non-hydrogen) atoms. The Kier molecular flexibility index (Phi) is 7.26. The van der Waals surface area contributed by atoms with Gasteiger partial charge in [-0.1, -0.05) is 24.3 Å². The van der Waals surface area contributed by atoms with Crippen LogP contribution in [0.25, 0.3) is 0 Å². The molecule has 6 nitrogen and oxygen atoms in total. The Labute approximate surface area is 152 Å². The highest BCUT2D eigenvalue weighted by atomic mass is 32.2. The van der Waals surface area contributed by atoms with Gasteiger partial charge < -0.3 is 10.6 Å². The normalized spacial score (nSPS) is 11.3. The van der Waals surface area contributed by atoms with E-state index < -0.39 is 10.0 Å². The number of hydrogen-bond acceptors (Lipinski definition) is 4. The quantitative estimate of drug-likeness (QED) is 0.565. The zero-order valence-electron chi connectivity index (χ0n) is 14.2. The molecular formula is C18H22FN3O3S. The Bertz CT molecular complexity index is 822. The smallest absolute Gasteiger partial charge is 0.238 e. The maximum atomic E-state index is 12.8. The van der Waals surface area contributed by atoms with Gasteiger partial charge in [-0.3, -0.25) is 4.79 Å². The van der Waals surface area contributed by atoms with Crippen LogP contribution in [0.2, 0.25) is 0 Å². The van der Waals surface area contributed by atoms with Crippen LogP contribution in [0.1, 0.15) is 11.1 Å². The third-order valence-corrected chi connectivity index (χ3v) is 4.71. The highest BCUT2D eigenvalue weighted by Crippen LogP contribution is 2.08. The summed E-state index contributed by atoms with van der Waals surface area (Å²) in [5.74, 6) is -0.384. The van der Waals surface area contributed by atoms with Gasteiger partial charge in [-0.15, -0.1) is 0 Å². The molecule has 0 spiro atoms. The van der Waals surface area contributed by atoms with Crippen molar-refractivity contribution in [3.63, 3.8) is 0 Å². The van der Waals surface area contributed by atoms with Gasteiger partial charge in [0.25, 0.3) is 0 Å². The van der Waals surface area contributed by atoms with Crippen molar-refractivity contribution < 1.29 is 17.6 Å². The van der Waals surface area contributed by atoms with E-state index >= 15 is 0 Å². The molecule has 0 radical (unpaired) electrons. The van der Waals surface area contributed by atoms with Crippen LogP contribution in [0, 0.1) is 5.82 Å². The summed E-state index contributed by atoms with van der Waals surface area (Å²) < 4.78 is 35.1. The zero-order chi connectivity index (χ0) is 19.0. The van der Waals surface area contributed by atoms with Gasteiger partial charge in [-0.25, -0.2) is 17.9 Å². The SMILES string of the molecule is NS(=O)(=O)c1ccc(CCNC(=O)CNCCc2ccc(F)cc2)cc1. The van der Waals surface area contributed by atoms with Gasteiger partial charge in [0.2, 0.25) is 15.9 Å². The van der Waals surface area contributed by atoms with Crippen LogP contribution in [0.5, 0.6) is 0 Å². The molecule has 0 saturated carbocycles. The van der Waals surface area contributed by atoms with E-state index in [0.717, 1.165) is 11.1 Å². The molecule has 0 heterocycles. The average molecular weight is 379 g/mol. The summed E-state index contributed by atoms with van der Waals surface area (Å²) in [6.45, 7) is 1.27.